The first-order valence-electron chi connectivity index (χ1n) is 7.90. The van der Waals surface area contributed by atoms with Crippen molar-refractivity contribution in [1.82, 2.24) is 10.2 Å². The molecule has 3 fully saturated rings. The predicted octanol–water partition coefficient (Wildman–Crippen LogP) is 1.09. The fourth-order valence-corrected chi connectivity index (χ4v) is 4.31. The van der Waals surface area contributed by atoms with E-state index in [0.29, 0.717) is 24.8 Å². The smallest absolute Gasteiger partial charge is 0.326 e. The molecule has 0 aromatic carbocycles. The van der Waals surface area contributed by atoms with E-state index < -0.39 is 12.0 Å². The number of nitrogens with zero attached hydrogens (tertiary/aromatic N) is 1. The number of hydrogen-bond acceptors (Lipinski definition) is 3. The van der Waals surface area contributed by atoms with Gasteiger partial charge in [-0.2, -0.15) is 0 Å². The summed E-state index contributed by atoms with van der Waals surface area (Å²) in [6, 6.07) is -0.559. The van der Waals surface area contributed by atoms with Gasteiger partial charge in [-0.15, -0.1) is 0 Å². The van der Waals surface area contributed by atoms with E-state index in [4.69, 9.17) is 0 Å². The van der Waals surface area contributed by atoms with Crippen LogP contribution in [0.25, 0.3) is 0 Å². The molecule has 0 aromatic heterocycles. The molecule has 20 heavy (non-hydrogen) atoms. The lowest BCUT2D eigenvalue weighted by molar-refractivity contribution is -0.149. The lowest BCUT2D eigenvalue weighted by atomic mass is 9.94. The van der Waals surface area contributed by atoms with Gasteiger partial charge in [0, 0.05) is 13.0 Å². The van der Waals surface area contributed by atoms with Crippen molar-refractivity contribution >= 4 is 11.9 Å². The number of carboxylic acid groups (broad SMARTS) is 1. The standard InChI is InChI=1S/C15H24N2O3/c18-13(5-4-10-6-7-16-8-10)17-9-11-2-1-3-12(11)14(17)15(19)20/h10-12,14,16H,1-9H2,(H,19,20). The second kappa shape index (κ2) is 5.72. The number of carbonyl (C=O) groups excluding carboxylic acids is 1. The minimum Gasteiger partial charge on any atom is -0.480 e. The van der Waals surface area contributed by atoms with Gasteiger partial charge in [0.05, 0.1) is 0 Å². The maximum atomic E-state index is 12.4. The highest BCUT2D eigenvalue weighted by Crippen LogP contribution is 2.42. The van der Waals surface area contributed by atoms with Crippen LogP contribution in [0.1, 0.15) is 38.5 Å². The van der Waals surface area contributed by atoms with Crippen LogP contribution in [-0.4, -0.2) is 47.6 Å². The van der Waals surface area contributed by atoms with Crippen LogP contribution < -0.4 is 5.32 Å². The molecule has 4 unspecified atom stereocenters. The van der Waals surface area contributed by atoms with Crippen molar-refractivity contribution in [3.05, 3.63) is 0 Å². The minimum absolute atomic E-state index is 0.0544. The summed E-state index contributed by atoms with van der Waals surface area (Å²) in [6.45, 7) is 2.72. The molecule has 0 radical (unpaired) electrons. The quantitative estimate of drug-likeness (QED) is 0.809. The second-order valence-electron chi connectivity index (χ2n) is 6.58. The van der Waals surface area contributed by atoms with Crippen LogP contribution >= 0.6 is 0 Å². The zero-order valence-corrected chi connectivity index (χ0v) is 11.9. The van der Waals surface area contributed by atoms with Crippen LogP contribution in [0.15, 0.2) is 0 Å². The molecule has 2 aliphatic heterocycles. The summed E-state index contributed by atoms with van der Waals surface area (Å²) in [5.41, 5.74) is 0. The van der Waals surface area contributed by atoms with Crippen LogP contribution in [0, 0.1) is 17.8 Å². The average Bonchev–Trinajstić information content (AvgIpc) is 3.10. The molecular formula is C15H24N2O3. The largest absolute Gasteiger partial charge is 0.480 e. The Hall–Kier alpha value is -1.10. The molecule has 3 aliphatic rings. The van der Waals surface area contributed by atoms with Crippen LogP contribution in [0.2, 0.25) is 0 Å². The highest BCUT2D eigenvalue weighted by molar-refractivity contribution is 5.84. The van der Waals surface area contributed by atoms with Gasteiger partial charge in [-0.25, -0.2) is 4.79 Å². The summed E-state index contributed by atoms with van der Waals surface area (Å²) < 4.78 is 0. The van der Waals surface area contributed by atoms with Crippen molar-refractivity contribution < 1.29 is 14.7 Å². The summed E-state index contributed by atoms with van der Waals surface area (Å²) in [6.07, 6.45) is 5.72. The number of fused-ring (bicyclic) bond motifs is 1. The highest BCUT2D eigenvalue weighted by atomic mass is 16.4. The van der Waals surface area contributed by atoms with Crippen molar-refractivity contribution in [3.63, 3.8) is 0 Å². The molecule has 1 amide bonds. The number of carboxylic acids is 1. The Balaban J connectivity index is 1.59. The molecule has 112 valence electrons. The average molecular weight is 280 g/mol. The topological polar surface area (TPSA) is 69.6 Å². The molecule has 0 bridgehead atoms. The molecule has 0 spiro atoms. The van der Waals surface area contributed by atoms with Crippen molar-refractivity contribution in [2.75, 3.05) is 19.6 Å². The summed E-state index contributed by atoms with van der Waals surface area (Å²) >= 11 is 0. The summed E-state index contributed by atoms with van der Waals surface area (Å²) in [5.74, 6) is 0.455. The zero-order valence-electron chi connectivity index (χ0n) is 11.9. The highest BCUT2D eigenvalue weighted by Gasteiger charge is 2.49. The fourth-order valence-electron chi connectivity index (χ4n) is 4.31. The van der Waals surface area contributed by atoms with Crippen molar-refractivity contribution in [2.24, 2.45) is 17.8 Å². The molecular weight excluding hydrogens is 256 g/mol. The monoisotopic (exact) mass is 280 g/mol. The van der Waals surface area contributed by atoms with Gasteiger partial charge in [0.25, 0.3) is 0 Å². The third-order valence-corrected chi connectivity index (χ3v) is 5.39. The number of carbonyl (C=O) groups is 2. The predicted molar refractivity (Wildman–Crippen MR) is 74.2 cm³/mol. The number of nitrogens with one attached hydrogen (secondary N) is 1. The summed E-state index contributed by atoms with van der Waals surface area (Å²) in [5, 5.41) is 12.8. The Morgan fingerprint density at radius 1 is 1.25 bits per heavy atom. The Morgan fingerprint density at radius 2 is 2.10 bits per heavy atom. The first-order chi connectivity index (χ1) is 9.66. The zero-order chi connectivity index (χ0) is 14.1. The van der Waals surface area contributed by atoms with E-state index >= 15 is 0 Å². The summed E-state index contributed by atoms with van der Waals surface area (Å²) in [7, 11) is 0. The Bertz CT molecular complexity index is 393. The number of likely N-dealkylation sites (tertiary alicyclic amines) is 1. The van der Waals surface area contributed by atoms with Gasteiger partial charge in [-0.3, -0.25) is 4.79 Å². The van der Waals surface area contributed by atoms with Crippen molar-refractivity contribution in [1.29, 1.82) is 0 Å². The van der Waals surface area contributed by atoms with Gasteiger partial charge < -0.3 is 15.3 Å². The fraction of sp³-hybridized carbons (Fsp3) is 0.867. The molecule has 2 N–H and O–H groups in total. The van der Waals surface area contributed by atoms with Gasteiger partial charge in [0.15, 0.2) is 0 Å². The Labute approximate surface area is 119 Å². The Kier molecular flexibility index (Phi) is 3.96. The van der Waals surface area contributed by atoms with Crippen LogP contribution in [0.5, 0.6) is 0 Å². The maximum absolute atomic E-state index is 12.4. The number of rotatable bonds is 4. The van der Waals surface area contributed by atoms with E-state index in [-0.39, 0.29) is 11.8 Å². The molecule has 2 saturated heterocycles. The van der Waals surface area contributed by atoms with Gasteiger partial charge >= 0.3 is 5.97 Å². The van der Waals surface area contributed by atoms with Gasteiger partial charge in [-0.05, 0) is 56.5 Å². The minimum atomic E-state index is -0.810. The van der Waals surface area contributed by atoms with Crippen LogP contribution in [0.3, 0.4) is 0 Å². The molecule has 3 rings (SSSR count). The van der Waals surface area contributed by atoms with Gasteiger partial charge in [0.1, 0.15) is 6.04 Å². The molecule has 4 atom stereocenters. The Morgan fingerprint density at radius 3 is 2.80 bits per heavy atom. The van der Waals surface area contributed by atoms with Crippen molar-refractivity contribution in [3.8, 4) is 0 Å². The number of amides is 1. The van der Waals surface area contributed by atoms with E-state index in [2.05, 4.69) is 5.32 Å². The third-order valence-electron chi connectivity index (χ3n) is 5.39. The molecule has 0 aromatic rings. The molecule has 5 heteroatoms. The van der Waals surface area contributed by atoms with E-state index in [0.717, 1.165) is 45.2 Å². The normalized spacial score (nSPS) is 36.3. The van der Waals surface area contributed by atoms with E-state index in [1.54, 1.807) is 4.90 Å². The van der Waals surface area contributed by atoms with Gasteiger partial charge in [-0.1, -0.05) is 6.42 Å². The lowest BCUT2D eigenvalue weighted by Gasteiger charge is -2.25. The van der Waals surface area contributed by atoms with E-state index in [1.165, 1.54) is 0 Å². The van der Waals surface area contributed by atoms with Crippen molar-refractivity contribution in [2.45, 2.75) is 44.6 Å². The first kappa shape index (κ1) is 13.9. The molecule has 2 heterocycles. The summed E-state index contributed by atoms with van der Waals surface area (Å²) in [4.78, 5) is 25.6. The molecule has 1 saturated carbocycles. The number of aliphatic carboxylic acids is 1. The lowest BCUT2D eigenvalue weighted by Crippen LogP contribution is -2.43. The maximum Gasteiger partial charge on any atom is 0.326 e. The SMILES string of the molecule is O=C(O)C1C2CCCC2CN1C(=O)CCC1CCNC1. The second-order valence-corrected chi connectivity index (χ2v) is 6.58. The van der Waals surface area contributed by atoms with Gasteiger partial charge in [0.2, 0.25) is 5.91 Å². The van der Waals surface area contributed by atoms with E-state index in [9.17, 15) is 14.7 Å². The third kappa shape index (κ3) is 2.55. The van der Waals surface area contributed by atoms with E-state index in [1.807, 2.05) is 0 Å². The molecule has 1 aliphatic carbocycles. The van der Waals surface area contributed by atoms with Crippen LogP contribution in [-0.2, 0) is 9.59 Å². The number of hydrogen-bond donors (Lipinski definition) is 2. The molecule has 5 nitrogen and oxygen atoms in total. The van der Waals surface area contributed by atoms with Crippen LogP contribution in [0.4, 0.5) is 0 Å². The first-order valence-corrected chi connectivity index (χ1v) is 7.90.